The molecule has 0 amide bonds. The molecular weight excluding hydrogens is 274 g/mol. The quantitative estimate of drug-likeness (QED) is 0.686. The number of para-hydroxylation sites is 2. The van der Waals surface area contributed by atoms with Gasteiger partial charge in [-0.1, -0.05) is 12.1 Å². The Hall–Kier alpha value is -2.63. The van der Waals surface area contributed by atoms with Gasteiger partial charge in [-0.05, 0) is 30.7 Å². The smallest absolute Gasteiger partial charge is 0.322 e. The van der Waals surface area contributed by atoms with E-state index < -0.39 is 5.92 Å². The van der Waals surface area contributed by atoms with Crippen molar-refractivity contribution in [2.45, 2.75) is 12.8 Å². The summed E-state index contributed by atoms with van der Waals surface area (Å²) in [5.41, 5.74) is 0.989. The number of hydrogen-bond acceptors (Lipinski definition) is 4. The lowest BCUT2D eigenvalue weighted by Gasteiger charge is -2.27. The van der Waals surface area contributed by atoms with Crippen molar-refractivity contribution in [1.29, 1.82) is 0 Å². The minimum atomic E-state index is -3.22. The number of anilines is 2. The molecule has 0 unspecified atom stereocenters. The topological polar surface area (TPSA) is 50.7 Å². The van der Waals surface area contributed by atoms with Crippen LogP contribution in [-0.4, -0.2) is 15.0 Å². The van der Waals surface area contributed by atoms with Crippen LogP contribution in [-0.2, 0) is 5.92 Å². The summed E-state index contributed by atoms with van der Waals surface area (Å²) in [6.45, 7) is 1.63. The Morgan fingerprint density at radius 1 is 1.00 bits per heavy atom. The molecule has 4 nitrogen and oxygen atoms in total. The molecule has 3 aromatic rings. The van der Waals surface area contributed by atoms with Gasteiger partial charge in [-0.3, -0.25) is 0 Å². The second-order valence-electron chi connectivity index (χ2n) is 4.96. The Morgan fingerprint density at radius 3 is 2.48 bits per heavy atom. The van der Waals surface area contributed by atoms with Gasteiger partial charge in [0.25, 0.3) is 0 Å². The van der Waals surface area contributed by atoms with Gasteiger partial charge in [0.05, 0.1) is 16.6 Å². The van der Waals surface area contributed by atoms with Crippen molar-refractivity contribution in [2.75, 3.05) is 5.32 Å². The normalized spacial score (nSPS) is 15.2. The first-order valence-corrected chi connectivity index (χ1v) is 6.45. The number of halogens is 2. The van der Waals surface area contributed by atoms with Gasteiger partial charge in [-0.15, -0.1) is 0 Å². The van der Waals surface area contributed by atoms with E-state index in [-0.39, 0.29) is 22.9 Å². The summed E-state index contributed by atoms with van der Waals surface area (Å²) < 4.78 is 29.6. The van der Waals surface area contributed by atoms with E-state index in [0.29, 0.717) is 16.6 Å². The standard InChI is InChI=1S/C15H10F2N4/c1-8-6-7-18-13-11(8)15(16,17)12-14(21-13)20-10-5-3-2-4-9(10)19-12/h2-7H,1H3,(H,18,20,21). The average Bonchev–Trinajstić information content (AvgIpc) is 2.45. The lowest BCUT2D eigenvalue weighted by molar-refractivity contribution is 0.0372. The number of fused-ring (bicyclic) bond motifs is 3. The van der Waals surface area contributed by atoms with Crippen LogP contribution in [0.4, 0.5) is 20.4 Å². The van der Waals surface area contributed by atoms with E-state index in [0.717, 1.165) is 0 Å². The van der Waals surface area contributed by atoms with Gasteiger partial charge in [0.1, 0.15) is 5.82 Å². The van der Waals surface area contributed by atoms with Gasteiger partial charge < -0.3 is 5.32 Å². The van der Waals surface area contributed by atoms with Gasteiger partial charge >= 0.3 is 5.92 Å². The molecule has 21 heavy (non-hydrogen) atoms. The van der Waals surface area contributed by atoms with Gasteiger partial charge in [0, 0.05) is 6.20 Å². The van der Waals surface area contributed by atoms with Crippen LogP contribution < -0.4 is 5.32 Å². The van der Waals surface area contributed by atoms with Crippen LogP contribution >= 0.6 is 0 Å². The highest BCUT2D eigenvalue weighted by Crippen LogP contribution is 2.46. The van der Waals surface area contributed by atoms with Crippen LogP contribution in [0.2, 0.25) is 0 Å². The molecule has 1 aliphatic heterocycles. The largest absolute Gasteiger partial charge is 0.323 e. The highest BCUT2D eigenvalue weighted by atomic mass is 19.3. The number of benzene rings is 1. The first-order valence-electron chi connectivity index (χ1n) is 6.45. The number of rotatable bonds is 0. The van der Waals surface area contributed by atoms with Crippen LogP contribution in [0.1, 0.15) is 16.8 Å². The summed E-state index contributed by atoms with van der Waals surface area (Å²) in [5.74, 6) is -3.02. The predicted molar refractivity (Wildman–Crippen MR) is 74.8 cm³/mol. The molecule has 0 radical (unpaired) electrons. The van der Waals surface area contributed by atoms with E-state index in [1.54, 1.807) is 37.3 Å². The van der Waals surface area contributed by atoms with Gasteiger partial charge in [-0.25, -0.2) is 15.0 Å². The maximum absolute atomic E-state index is 14.8. The van der Waals surface area contributed by atoms with Crippen molar-refractivity contribution in [3.05, 3.63) is 53.3 Å². The molecule has 0 spiro atoms. The summed E-state index contributed by atoms with van der Waals surface area (Å²) in [7, 11) is 0. The first kappa shape index (κ1) is 12.1. The molecule has 0 saturated carbocycles. The molecule has 0 fully saturated rings. The van der Waals surface area contributed by atoms with Crippen LogP contribution in [0.15, 0.2) is 36.5 Å². The van der Waals surface area contributed by atoms with Crippen molar-refractivity contribution in [2.24, 2.45) is 0 Å². The fourth-order valence-corrected chi connectivity index (χ4v) is 2.59. The number of aromatic nitrogens is 3. The number of alkyl halides is 2. The van der Waals surface area contributed by atoms with E-state index in [1.807, 2.05) is 0 Å². The highest BCUT2D eigenvalue weighted by molar-refractivity contribution is 5.79. The molecule has 0 atom stereocenters. The average molecular weight is 284 g/mol. The van der Waals surface area contributed by atoms with E-state index in [9.17, 15) is 8.78 Å². The zero-order chi connectivity index (χ0) is 14.6. The zero-order valence-corrected chi connectivity index (χ0v) is 11.1. The maximum Gasteiger partial charge on any atom is 0.322 e. The second kappa shape index (κ2) is 3.94. The summed E-state index contributed by atoms with van der Waals surface area (Å²) in [6, 6.07) is 8.51. The molecule has 0 aliphatic carbocycles. The maximum atomic E-state index is 14.8. The van der Waals surface area contributed by atoms with E-state index in [2.05, 4.69) is 20.3 Å². The number of aryl methyl sites for hydroxylation is 1. The molecule has 0 saturated heterocycles. The fraction of sp³-hybridized carbons (Fsp3) is 0.133. The van der Waals surface area contributed by atoms with Crippen molar-refractivity contribution in [3.8, 4) is 0 Å². The van der Waals surface area contributed by atoms with E-state index in [4.69, 9.17) is 0 Å². The molecule has 2 aromatic heterocycles. The number of nitrogens with one attached hydrogen (secondary N) is 1. The lowest BCUT2D eigenvalue weighted by Crippen LogP contribution is -2.27. The molecule has 4 rings (SSSR count). The molecule has 1 aliphatic rings. The summed E-state index contributed by atoms with van der Waals surface area (Å²) in [6.07, 6.45) is 1.50. The third kappa shape index (κ3) is 1.62. The summed E-state index contributed by atoms with van der Waals surface area (Å²) in [5, 5.41) is 2.86. The second-order valence-corrected chi connectivity index (χ2v) is 4.96. The third-order valence-electron chi connectivity index (χ3n) is 3.58. The monoisotopic (exact) mass is 284 g/mol. The first-order chi connectivity index (χ1) is 10.1. The highest BCUT2D eigenvalue weighted by Gasteiger charge is 2.46. The minimum absolute atomic E-state index is 0.0595. The molecule has 3 heterocycles. The van der Waals surface area contributed by atoms with Crippen LogP contribution in [0.5, 0.6) is 0 Å². The fourth-order valence-electron chi connectivity index (χ4n) is 2.59. The number of hydrogen-bond donors (Lipinski definition) is 1. The Morgan fingerprint density at radius 2 is 1.71 bits per heavy atom. The van der Waals surface area contributed by atoms with Crippen LogP contribution in [0.25, 0.3) is 11.0 Å². The van der Waals surface area contributed by atoms with Gasteiger partial charge in [0.2, 0.25) is 0 Å². The molecule has 1 N–H and O–H groups in total. The van der Waals surface area contributed by atoms with Gasteiger partial charge in [-0.2, -0.15) is 8.78 Å². The van der Waals surface area contributed by atoms with E-state index in [1.165, 1.54) is 6.20 Å². The number of pyridine rings is 1. The SMILES string of the molecule is Cc1ccnc2c1C(F)(F)c1nc3ccccc3nc1N2. The molecule has 104 valence electrons. The van der Waals surface area contributed by atoms with Crippen molar-refractivity contribution >= 4 is 22.7 Å². The predicted octanol–water partition coefficient (Wildman–Crippen LogP) is 3.53. The minimum Gasteiger partial charge on any atom is -0.323 e. The Bertz CT molecular complexity index is 877. The molecule has 0 bridgehead atoms. The number of nitrogens with zero attached hydrogens (tertiary/aromatic N) is 3. The summed E-state index contributed by atoms with van der Waals surface area (Å²) in [4.78, 5) is 12.3. The zero-order valence-electron chi connectivity index (χ0n) is 11.1. The van der Waals surface area contributed by atoms with Gasteiger partial charge in [0.15, 0.2) is 11.5 Å². The Kier molecular flexibility index (Phi) is 2.28. The van der Waals surface area contributed by atoms with Crippen molar-refractivity contribution < 1.29 is 8.78 Å². The molecular formula is C15H10F2N4. The molecule has 1 aromatic carbocycles. The molecule has 6 heteroatoms. The summed E-state index contributed by atoms with van der Waals surface area (Å²) >= 11 is 0. The van der Waals surface area contributed by atoms with E-state index >= 15 is 0 Å². The van der Waals surface area contributed by atoms with Crippen LogP contribution in [0, 0.1) is 6.92 Å². The Balaban J connectivity index is 2.05. The lowest BCUT2D eigenvalue weighted by atomic mass is 9.98. The van der Waals surface area contributed by atoms with Crippen molar-refractivity contribution in [1.82, 2.24) is 15.0 Å². The third-order valence-corrected chi connectivity index (χ3v) is 3.58. The van der Waals surface area contributed by atoms with Crippen molar-refractivity contribution in [3.63, 3.8) is 0 Å². The van der Waals surface area contributed by atoms with Crippen LogP contribution in [0.3, 0.4) is 0 Å². The Labute approximate surface area is 118 Å².